The number of hydrogen-bond acceptors (Lipinski definition) is 3. The van der Waals surface area contributed by atoms with Gasteiger partial charge in [-0.25, -0.2) is 9.97 Å². The van der Waals surface area contributed by atoms with Crippen LogP contribution in [0.5, 0.6) is 0 Å². The third kappa shape index (κ3) is 4.58. The lowest BCUT2D eigenvalue weighted by Gasteiger charge is -2.21. The van der Waals surface area contributed by atoms with Crippen LogP contribution in [0.25, 0.3) is 11.3 Å². The second-order valence-corrected chi connectivity index (χ2v) is 9.23. The number of nitrogens with one attached hydrogen (secondary N) is 1. The minimum atomic E-state index is -0.0778. The van der Waals surface area contributed by atoms with Gasteiger partial charge in [0.15, 0.2) is 5.82 Å². The summed E-state index contributed by atoms with van der Waals surface area (Å²) in [5.41, 5.74) is 7.25. The molecule has 1 amide bonds. The highest BCUT2D eigenvalue weighted by Gasteiger charge is 2.22. The SMILES string of the molecule is O=C(Cc1ccc(I)cc1)Nc1nc2c(nc1Cc1ccccc1)-c1ccccc1CC2. The molecule has 158 valence electrons. The van der Waals surface area contributed by atoms with Crippen LogP contribution in [-0.2, 0) is 30.5 Å². The molecule has 0 aliphatic heterocycles. The Morgan fingerprint density at radius 3 is 2.41 bits per heavy atom. The van der Waals surface area contributed by atoms with E-state index in [2.05, 4.69) is 58.2 Å². The minimum absolute atomic E-state index is 0.0778. The molecule has 5 heteroatoms. The van der Waals surface area contributed by atoms with Crippen LogP contribution in [0.15, 0.2) is 78.9 Å². The van der Waals surface area contributed by atoms with Crippen molar-refractivity contribution in [1.82, 2.24) is 9.97 Å². The summed E-state index contributed by atoms with van der Waals surface area (Å²) in [4.78, 5) is 22.8. The number of aromatic nitrogens is 2. The normalized spacial score (nSPS) is 12.0. The molecule has 4 nitrogen and oxygen atoms in total. The maximum atomic E-state index is 12.9. The molecule has 4 aromatic rings. The number of rotatable bonds is 5. The average Bonchev–Trinajstić information content (AvgIpc) is 2.81. The number of aryl methyl sites for hydroxylation is 2. The smallest absolute Gasteiger partial charge is 0.229 e. The largest absolute Gasteiger partial charge is 0.309 e. The highest BCUT2D eigenvalue weighted by atomic mass is 127. The summed E-state index contributed by atoms with van der Waals surface area (Å²) in [6, 6.07) is 26.6. The molecule has 1 aliphatic rings. The summed E-state index contributed by atoms with van der Waals surface area (Å²) >= 11 is 2.26. The van der Waals surface area contributed by atoms with Crippen molar-refractivity contribution in [2.24, 2.45) is 0 Å². The monoisotopic (exact) mass is 531 g/mol. The summed E-state index contributed by atoms with van der Waals surface area (Å²) in [5.74, 6) is 0.494. The third-order valence-electron chi connectivity index (χ3n) is 5.69. The van der Waals surface area contributed by atoms with Crippen LogP contribution < -0.4 is 5.32 Å². The van der Waals surface area contributed by atoms with Gasteiger partial charge in [0.1, 0.15) is 0 Å². The molecule has 0 radical (unpaired) electrons. The molecule has 1 heterocycles. The number of anilines is 1. The average molecular weight is 531 g/mol. The highest BCUT2D eigenvalue weighted by molar-refractivity contribution is 14.1. The molecular weight excluding hydrogens is 509 g/mol. The molecule has 0 saturated heterocycles. The van der Waals surface area contributed by atoms with Crippen LogP contribution in [0.4, 0.5) is 5.82 Å². The van der Waals surface area contributed by atoms with Crippen molar-refractivity contribution in [1.29, 1.82) is 0 Å². The molecule has 0 unspecified atom stereocenters. The quantitative estimate of drug-likeness (QED) is 0.341. The summed E-state index contributed by atoms with van der Waals surface area (Å²) in [5, 5.41) is 3.05. The first-order valence-corrected chi connectivity index (χ1v) is 11.8. The fraction of sp³-hybridized carbons (Fsp3) is 0.148. The zero-order valence-corrected chi connectivity index (χ0v) is 19.7. The van der Waals surface area contributed by atoms with Crippen molar-refractivity contribution in [3.8, 4) is 11.3 Å². The summed E-state index contributed by atoms with van der Waals surface area (Å²) in [6.45, 7) is 0. The van der Waals surface area contributed by atoms with E-state index in [1.807, 2.05) is 48.5 Å². The molecule has 0 spiro atoms. The Bertz CT molecular complexity index is 1270. The van der Waals surface area contributed by atoms with Gasteiger partial charge < -0.3 is 5.32 Å². The van der Waals surface area contributed by atoms with Gasteiger partial charge in [-0.15, -0.1) is 0 Å². The first-order valence-electron chi connectivity index (χ1n) is 10.7. The van der Waals surface area contributed by atoms with E-state index in [0.717, 1.165) is 50.2 Å². The van der Waals surface area contributed by atoms with Crippen molar-refractivity contribution >= 4 is 34.3 Å². The van der Waals surface area contributed by atoms with Gasteiger partial charge in [0.2, 0.25) is 5.91 Å². The van der Waals surface area contributed by atoms with Crippen molar-refractivity contribution in [3.63, 3.8) is 0 Å². The lowest BCUT2D eigenvalue weighted by Crippen LogP contribution is -2.20. The predicted octanol–water partition coefficient (Wildman–Crippen LogP) is 5.62. The van der Waals surface area contributed by atoms with Gasteiger partial charge in [0.25, 0.3) is 0 Å². The zero-order chi connectivity index (χ0) is 21.9. The van der Waals surface area contributed by atoms with Crippen LogP contribution in [0.1, 0.15) is 28.1 Å². The van der Waals surface area contributed by atoms with Gasteiger partial charge in [-0.2, -0.15) is 0 Å². The van der Waals surface area contributed by atoms with E-state index < -0.39 is 0 Å². The number of fused-ring (bicyclic) bond motifs is 3. The third-order valence-corrected chi connectivity index (χ3v) is 6.41. The molecule has 0 atom stereocenters. The number of halogens is 1. The lowest BCUT2D eigenvalue weighted by molar-refractivity contribution is -0.115. The van der Waals surface area contributed by atoms with Crippen molar-refractivity contribution in [2.45, 2.75) is 25.7 Å². The van der Waals surface area contributed by atoms with Crippen LogP contribution in [0, 0.1) is 3.57 Å². The van der Waals surface area contributed by atoms with E-state index >= 15 is 0 Å². The zero-order valence-electron chi connectivity index (χ0n) is 17.5. The van der Waals surface area contributed by atoms with Crippen molar-refractivity contribution < 1.29 is 4.79 Å². The van der Waals surface area contributed by atoms with Crippen molar-refractivity contribution in [3.05, 3.63) is 111 Å². The molecule has 1 aliphatic carbocycles. The van der Waals surface area contributed by atoms with Gasteiger partial charge >= 0.3 is 0 Å². The Hall–Kier alpha value is -3.06. The standard InChI is InChI=1S/C27H22IN3O/c28-21-13-10-19(11-14-21)17-25(32)31-27-24(16-18-6-2-1-3-7-18)29-26-22-9-5-4-8-20(22)12-15-23(26)30-27/h1-11,13-14H,12,15-17H2,(H,30,31,32). The molecule has 1 aromatic heterocycles. The van der Waals surface area contributed by atoms with E-state index in [9.17, 15) is 4.79 Å². The van der Waals surface area contributed by atoms with Crippen LogP contribution in [0.2, 0.25) is 0 Å². The topological polar surface area (TPSA) is 54.9 Å². The molecule has 5 rings (SSSR count). The summed E-state index contributed by atoms with van der Waals surface area (Å²) < 4.78 is 1.15. The number of nitrogens with zero attached hydrogens (tertiary/aromatic N) is 2. The maximum Gasteiger partial charge on any atom is 0.229 e. The van der Waals surface area contributed by atoms with E-state index in [0.29, 0.717) is 18.7 Å². The Morgan fingerprint density at radius 2 is 1.59 bits per heavy atom. The van der Waals surface area contributed by atoms with Gasteiger partial charge in [-0.3, -0.25) is 4.79 Å². The molecule has 1 N–H and O–H groups in total. The minimum Gasteiger partial charge on any atom is -0.309 e. The predicted molar refractivity (Wildman–Crippen MR) is 136 cm³/mol. The van der Waals surface area contributed by atoms with Crippen LogP contribution >= 0.6 is 22.6 Å². The Kier molecular flexibility index (Phi) is 5.99. The van der Waals surface area contributed by atoms with Gasteiger partial charge in [-0.1, -0.05) is 66.7 Å². The Morgan fingerprint density at radius 1 is 0.844 bits per heavy atom. The first-order chi connectivity index (χ1) is 15.7. The van der Waals surface area contributed by atoms with Crippen LogP contribution in [0.3, 0.4) is 0 Å². The fourth-order valence-corrected chi connectivity index (χ4v) is 4.45. The first kappa shape index (κ1) is 20.8. The second-order valence-electron chi connectivity index (χ2n) is 7.99. The Labute approximate surface area is 201 Å². The fourth-order valence-electron chi connectivity index (χ4n) is 4.09. The number of hydrogen-bond donors (Lipinski definition) is 1. The number of amides is 1. The molecule has 3 aromatic carbocycles. The van der Waals surface area contributed by atoms with E-state index in [1.165, 1.54) is 5.56 Å². The van der Waals surface area contributed by atoms with Gasteiger partial charge in [-0.05, 0) is 64.3 Å². The van der Waals surface area contributed by atoms with E-state index in [1.54, 1.807) is 0 Å². The number of carbonyl (C=O) groups is 1. The number of carbonyl (C=O) groups excluding carboxylic acids is 1. The maximum absolute atomic E-state index is 12.9. The van der Waals surface area contributed by atoms with Crippen molar-refractivity contribution in [2.75, 3.05) is 5.32 Å². The second kappa shape index (κ2) is 9.20. The van der Waals surface area contributed by atoms with Gasteiger partial charge in [0, 0.05) is 15.6 Å². The Balaban J connectivity index is 1.49. The highest BCUT2D eigenvalue weighted by Crippen LogP contribution is 2.33. The molecule has 0 saturated carbocycles. The van der Waals surface area contributed by atoms with Gasteiger partial charge in [0.05, 0.1) is 23.5 Å². The summed E-state index contributed by atoms with van der Waals surface area (Å²) in [7, 11) is 0. The lowest BCUT2D eigenvalue weighted by atomic mass is 9.91. The molecule has 0 bridgehead atoms. The van der Waals surface area contributed by atoms with E-state index in [-0.39, 0.29) is 5.91 Å². The van der Waals surface area contributed by atoms with Crippen LogP contribution in [-0.4, -0.2) is 15.9 Å². The molecular formula is C27H22IN3O. The molecule has 32 heavy (non-hydrogen) atoms. The number of benzene rings is 3. The van der Waals surface area contributed by atoms with E-state index in [4.69, 9.17) is 9.97 Å². The summed E-state index contributed by atoms with van der Waals surface area (Å²) in [6.07, 6.45) is 2.68. The molecule has 0 fully saturated rings.